The highest BCUT2D eigenvalue weighted by molar-refractivity contribution is 6.30. The van der Waals surface area contributed by atoms with Gasteiger partial charge in [0.05, 0.1) is 11.8 Å². The molecule has 0 radical (unpaired) electrons. The van der Waals surface area contributed by atoms with Crippen LogP contribution in [0.4, 0.5) is 5.69 Å². The number of hydrazone groups is 1. The third kappa shape index (κ3) is 6.76. The van der Waals surface area contributed by atoms with E-state index in [1.807, 2.05) is 20.8 Å². The molecule has 3 aromatic rings. The molecule has 0 bridgehead atoms. The predicted molar refractivity (Wildman–Crippen MR) is 132 cm³/mol. The smallest absolute Gasteiger partial charge is 0.343 e. The number of nitrogens with one attached hydrogen (secondary N) is 2. The Balaban J connectivity index is 1.62. The molecule has 0 atom stereocenters. The molecule has 0 saturated carbocycles. The van der Waals surface area contributed by atoms with Crippen molar-refractivity contribution in [2.75, 3.05) is 5.32 Å². The number of carbonyl (C=O) groups excluding carboxylic acids is 3. The topological polar surface area (TPSA) is 96.9 Å². The van der Waals surface area contributed by atoms with Crippen LogP contribution >= 0.6 is 11.6 Å². The first kappa shape index (κ1) is 24.7. The van der Waals surface area contributed by atoms with Crippen molar-refractivity contribution in [1.29, 1.82) is 0 Å². The quantitative estimate of drug-likeness (QED) is 0.217. The highest BCUT2D eigenvalue weighted by atomic mass is 35.5. The molecule has 3 aromatic carbocycles. The van der Waals surface area contributed by atoms with Gasteiger partial charge in [0.2, 0.25) is 5.91 Å². The number of rotatable bonds is 6. The fraction of sp³-hybridized carbons (Fsp3) is 0.154. The summed E-state index contributed by atoms with van der Waals surface area (Å²) in [5, 5.41) is 7.29. The van der Waals surface area contributed by atoms with Crippen LogP contribution in [-0.4, -0.2) is 24.0 Å². The molecule has 7 nitrogen and oxygen atoms in total. The molecule has 0 aromatic heterocycles. The zero-order valence-corrected chi connectivity index (χ0v) is 19.7. The van der Waals surface area contributed by atoms with E-state index < -0.39 is 17.3 Å². The molecule has 0 saturated heterocycles. The summed E-state index contributed by atoms with van der Waals surface area (Å²) < 4.78 is 5.46. The molecule has 0 aliphatic rings. The molecule has 174 valence electrons. The number of halogens is 1. The molecular formula is C26H24ClN3O4. The second-order valence-electron chi connectivity index (χ2n) is 8.41. The minimum Gasteiger partial charge on any atom is -0.422 e. The molecule has 0 heterocycles. The molecule has 8 heteroatoms. The monoisotopic (exact) mass is 477 g/mol. The molecule has 2 amide bonds. The van der Waals surface area contributed by atoms with Crippen molar-refractivity contribution in [1.82, 2.24) is 5.43 Å². The average molecular weight is 478 g/mol. The van der Waals surface area contributed by atoms with Gasteiger partial charge in [-0.15, -0.1) is 0 Å². The number of anilines is 1. The van der Waals surface area contributed by atoms with E-state index in [2.05, 4.69) is 15.8 Å². The van der Waals surface area contributed by atoms with Crippen molar-refractivity contribution >= 4 is 41.3 Å². The van der Waals surface area contributed by atoms with E-state index in [4.69, 9.17) is 16.3 Å². The first-order valence-corrected chi connectivity index (χ1v) is 10.8. The normalized spacial score (nSPS) is 11.2. The summed E-state index contributed by atoms with van der Waals surface area (Å²) in [5.74, 6) is -0.801. The molecule has 34 heavy (non-hydrogen) atoms. The van der Waals surface area contributed by atoms with Crippen LogP contribution in [0.3, 0.4) is 0 Å². The summed E-state index contributed by atoms with van der Waals surface area (Å²) >= 11 is 5.85. The number of nitrogens with zero attached hydrogens (tertiary/aromatic N) is 1. The third-order valence-electron chi connectivity index (χ3n) is 4.66. The van der Waals surface area contributed by atoms with Gasteiger partial charge in [0, 0.05) is 27.3 Å². The third-order valence-corrected chi connectivity index (χ3v) is 4.91. The van der Waals surface area contributed by atoms with Crippen LogP contribution in [0.1, 0.15) is 47.1 Å². The molecule has 0 aliphatic carbocycles. The van der Waals surface area contributed by atoms with Gasteiger partial charge < -0.3 is 10.1 Å². The molecule has 0 unspecified atom stereocenters. The zero-order chi connectivity index (χ0) is 24.7. The maximum absolute atomic E-state index is 12.4. The number of hydrogen-bond acceptors (Lipinski definition) is 5. The van der Waals surface area contributed by atoms with Crippen molar-refractivity contribution in [2.24, 2.45) is 10.5 Å². The van der Waals surface area contributed by atoms with Gasteiger partial charge >= 0.3 is 5.97 Å². The van der Waals surface area contributed by atoms with Crippen LogP contribution in [0.15, 0.2) is 77.9 Å². The Bertz CT molecular complexity index is 1210. The van der Waals surface area contributed by atoms with Gasteiger partial charge in [0.15, 0.2) is 0 Å². The Morgan fingerprint density at radius 3 is 2.15 bits per heavy atom. The minimum absolute atomic E-state index is 0.121. The van der Waals surface area contributed by atoms with E-state index in [1.165, 1.54) is 6.21 Å². The molecule has 0 aliphatic heterocycles. The fourth-order valence-corrected chi connectivity index (χ4v) is 2.80. The number of esters is 1. The lowest BCUT2D eigenvalue weighted by atomic mass is 9.95. The largest absolute Gasteiger partial charge is 0.422 e. The second kappa shape index (κ2) is 10.8. The number of ether oxygens (including phenoxy) is 1. The minimum atomic E-state index is -0.541. The van der Waals surface area contributed by atoms with Crippen LogP contribution in [0.25, 0.3) is 0 Å². The number of carbonyl (C=O) groups is 3. The average Bonchev–Trinajstić information content (AvgIpc) is 2.80. The molecule has 0 fully saturated rings. The Labute approximate surface area is 202 Å². The number of benzene rings is 3. The van der Waals surface area contributed by atoms with E-state index in [-0.39, 0.29) is 5.91 Å². The van der Waals surface area contributed by atoms with Crippen molar-refractivity contribution in [2.45, 2.75) is 20.8 Å². The van der Waals surface area contributed by atoms with E-state index in [0.29, 0.717) is 33.1 Å². The summed E-state index contributed by atoms with van der Waals surface area (Å²) in [5.41, 5.74) is 3.74. The standard InChI is InChI=1S/C26H24ClN3O4/c1-26(2,3)25(33)29-21-14-10-17(11-15-21)23(31)30-28-16-19-6-4-5-7-22(19)34-24(32)18-8-12-20(27)13-9-18/h4-16H,1-3H3,(H,29,33)(H,30,31)/b28-16+. The highest BCUT2D eigenvalue weighted by Crippen LogP contribution is 2.19. The summed E-state index contributed by atoms with van der Waals surface area (Å²) in [6, 6.07) is 19.6. The van der Waals surface area contributed by atoms with Crippen LogP contribution < -0.4 is 15.5 Å². The first-order chi connectivity index (χ1) is 16.1. The first-order valence-electron chi connectivity index (χ1n) is 10.5. The number of hydrogen-bond donors (Lipinski definition) is 2. The van der Waals surface area contributed by atoms with Crippen LogP contribution in [0.5, 0.6) is 5.75 Å². The van der Waals surface area contributed by atoms with Crippen molar-refractivity contribution < 1.29 is 19.1 Å². The fourth-order valence-electron chi connectivity index (χ4n) is 2.67. The lowest BCUT2D eigenvalue weighted by molar-refractivity contribution is -0.123. The van der Waals surface area contributed by atoms with Crippen molar-refractivity contribution in [3.8, 4) is 5.75 Å². The van der Waals surface area contributed by atoms with E-state index >= 15 is 0 Å². The lowest BCUT2D eigenvalue weighted by Crippen LogP contribution is -2.27. The van der Waals surface area contributed by atoms with Gasteiger partial charge in [-0.3, -0.25) is 9.59 Å². The van der Waals surface area contributed by atoms with Crippen molar-refractivity contribution in [3.63, 3.8) is 0 Å². The van der Waals surface area contributed by atoms with Gasteiger partial charge in [-0.2, -0.15) is 5.10 Å². The Morgan fingerprint density at radius 1 is 0.882 bits per heavy atom. The Kier molecular flexibility index (Phi) is 7.81. The Hall–Kier alpha value is -3.97. The molecule has 3 rings (SSSR count). The second-order valence-corrected chi connectivity index (χ2v) is 8.85. The predicted octanol–water partition coefficient (Wildman–Crippen LogP) is 5.31. The summed E-state index contributed by atoms with van der Waals surface area (Å²) in [4.78, 5) is 36.9. The number of para-hydroxylation sites is 1. The summed E-state index contributed by atoms with van der Waals surface area (Å²) in [6.45, 7) is 5.46. The van der Waals surface area contributed by atoms with Crippen LogP contribution in [-0.2, 0) is 4.79 Å². The van der Waals surface area contributed by atoms with Gasteiger partial charge in [-0.1, -0.05) is 44.5 Å². The number of amides is 2. The Morgan fingerprint density at radius 2 is 1.50 bits per heavy atom. The molecule has 2 N–H and O–H groups in total. The lowest BCUT2D eigenvalue weighted by Gasteiger charge is -2.17. The molecular weight excluding hydrogens is 454 g/mol. The van der Waals surface area contributed by atoms with Crippen LogP contribution in [0, 0.1) is 5.41 Å². The van der Waals surface area contributed by atoms with E-state index in [1.54, 1.807) is 72.8 Å². The SMILES string of the molecule is CC(C)(C)C(=O)Nc1ccc(C(=O)N/N=C/c2ccccc2OC(=O)c2ccc(Cl)cc2)cc1. The zero-order valence-electron chi connectivity index (χ0n) is 19.0. The van der Waals surface area contributed by atoms with E-state index in [9.17, 15) is 14.4 Å². The summed E-state index contributed by atoms with van der Waals surface area (Å²) in [6.07, 6.45) is 1.39. The van der Waals surface area contributed by atoms with E-state index in [0.717, 1.165) is 0 Å². The maximum Gasteiger partial charge on any atom is 0.343 e. The van der Waals surface area contributed by atoms with Crippen LogP contribution in [0.2, 0.25) is 5.02 Å². The van der Waals surface area contributed by atoms with Gasteiger partial charge in [-0.25, -0.2) is 10.2 Å². The maximum atomic E-state index is 12.4. The van der Waals surface area contributed by atoms with Gasteiger partial charge in [-0.05, 0) is 60.7 Å². The molecule has 0 spiro atoms. The highest BCUT2D eigenvalue weighted by Gasteiger charge is 2.21. The van der Waals surface area contributed by atoms with Crippen molar-refractivity contribution in [3.05, 3.63) is 94.5 Å². The van der Waals surface area contributed by atoms with Gasteiger partial charge in [0.25, 0.3) is 5.91 Å². The summed E-state index contributed by atoms with van der Waals surface area (Å²) in [7, 11) is 0. The van der Waals surface area contributed by atoms with Gasteiger partial charge in [0.1, 0.15) is 5.75 Å².